The number of aromatic nitrogens is 4. The van der Waals surface area contributed by atoms with E-state index in [1.807, 2.05) is 13.2 Å². The summed E-state index contributed by atoms with van der Waals surface area (Å²) in [5.74, 6) is 0.471. The molecule has 0 aromatic carbocycles. The monoisotopic (exact) mass is 301 g/mol. The SMILES string of the molecule is Cn1cc(Nc2nc3sc4c(c3c(=O)[nH]2)CCCC4)cn1. The molecule has 0 radical (unpaired) electrons. The lowest BCUT2D eigenvalue weighted by molar-refractivity contribution is 0.700. The van der Waals surface area contributed by atoms with Gasteiger partial charge in [-0.3, -0.25) is 14.5 Å². The molecule has 0 unspecified atom stereocenters. The van der Waals surface area contributed by atoms with Gasteiger partial charge in [0, 0.05) is 18.1 Å². The van der Waals surface area contributed by atoms with Gasteiger partial charge in [0.05, 0.1) is 17.3 Å². The van der Waals surface area contributed by atoms with Crippen molar-refractivity contribution in [3.05, 3.63) is 33.2 Å². The average Bonchev–Trinajstić information content (AvgIpc) is 3.02. The van der Waals surface area contributed by atoms with Gasteiger partial charge in [-0.15, -0.1) is 11.3 Å². The van der Waals surface area contributed by atoms with Gasteiger partial charge in [0.1, 0.15) is 4.83 Å². The summed E-state index contributed by atoms with van der Waals surface area (Å²) in [5, 5.41) is 7.97. The topological polar surface area (TPSA) is 75.6 Å². The first-order valence-corrected chi connectivity index (χ1v) is 7.82. The summed E-state index contributed by atoms with van der Waals surface area (Å²) >= 11 is 1.65. The van der Waals surface area contributed by atoms with E-state index in [2.05, 4.69) is 20.4 Å². The summed E-state index contributed by atoms with van der Waals surface area (Å²) in [6.45, 7) is 0. The van der Waals surface area contributed by atoms with E-state index in [1.54, 1.807) is 22.2 Å². The molecule has 0 aliphatic heterocycles. The third kappa shape index (κ3) is 2.13. The normalized spacial score (nSPS) is 14.3. The quantitative estimate of drug-likeness (QED) is 0.762. The van der Waals surface area contributed by atoms with Crippen LogP contribution < -0.4 is 10.9 Å². The van der Waals surface area contributed by atoms with Gasteiger partial charge in [-0.05, 0) is 31.2 Å². The summed E-state index contributed by atoms with van der Waals surface area (Å²) in [6.07, 6.45) is 7.97. The lowest BCUT2D eigenvalue weighted by Crippen LogP contribution is -2.12. The van der Waals surface area contributed by atoms with Crippen LogP contribution in [-0.2, 0) is 19.9 Å². The molecule has 3 aromatic heterocycles. The van der Waals surface area contributed by atoms with Gasteiger partial charge in [0.15, 0.2) is 0 Å². The Bertz CT molecular complexity index is 875. The van der Waals surface area contributed by atoms with Gasteiger partial charge in [0.25, 0.3) is 5.56 Å². The fourth-order valence-corrected chi connectivity index (χ4v) is 4.11. The first-order valence-electron chi connectivity index (χ1n) is 7.01. The first kappa shape index (κ1) is 12.6. The van der Waals surface area contributed by atoms with Crippen LogP contribution in [0.15, 0.2) is 17.2 Å². The smallest absolute Gasteiger partial charge is 0.261 e. The number of nitrogens with zero attached hydrogens (tertiary/aromatic N) is 3. The van der Waals surface area contributed by atoms with Crippen molar-refractivity contribution < 1.29 is 0 Å². The van der Waals surface area contributed by atoms with Crippen LogP contribution >= 0.6 is 11.3 Å². The Morgan fingerprint density at radius 3 is 3.05 bits per heavy atom. The highest BCUT2D eigenvalue weighted by Crippen LogP contribution is 2.33. The number of thiophene rings is 1. The lowest BCUT2D eigenvalue weighted by Gasteiger charge is -2.09. The molecule has 21 heavy (non-hydrogen) atoms. The highest BCUT2D eigenvalue weighted by molar-refractivity contribution is 7.18. The zero-order chi connectivity index (χ0) is 14.4. The minimum atomic E-state index is -0.0502. The summed E-state index contributed by atoms with van der Waals surface area (Å²) < 4.78 is 1.70. The van der Waals surface area contributed by atoms with Crippen LogP contribution in [0.3, 0.4) is 0 Å². The number of H-pyrrole nitrogens is 1. The van der Waals surface area contributed by atoms with Gasteiger partial charge in [0.2, 0.25) is 5.95 Å². The third-order valence-electron chi connectivity index (χ3n) is 3.79. The van der Waals surface area contributed by atoms with Crippen LogP contribution in [0.25, 0.3) is 10.2 Å². The molecule has 4 rings (SSSR count). The highest BCUT2D eigenvalue weighted by Gasteiger charge is 2.19. The number of nitrogens with one attached hydrogen (secondary N) is 2. The molecule has 108 valence electrons. The van der Waals surface area contributed by atoms with Crippen molar-refractivity contribution in [1.82, 2.24) is 19.7 Å². The van der Waals surface area contributed by atoms with Crippen LogP contribution in [0.1, 0.15) is 23.3 Å². The predicted octanol–water partition coefficient (Wildman–Crippen LogP) is 2.34. The van der Waals surface area contributed by atoms with Crippen LogP contribution in [0.5, 0.6) is 0 Å². The number of hydrogen-bond acceptors (Lipinski definition) is 5. The maximum Gasteiger partial charge on any atom is 0.261 e. The Hall–Kier alpha value is -2.15. The molecule has 3 aromatic rings. The van der Waals surface area contributed by atoms with Crippen LogP contribution in [0.4, 0.5) is 11.6 Å². The lowest BCUT2D eigenvalue weighted by atomic mass is 9.97. The van der Waals surface area contributed by atoms with Gasteiger partial charge in [-0.1, -0.05) is 0 Å². The first-order chi connectivity index (χ1) is 10.2. The summed E-state index contributed by atoms with van der Waals surface area (Å²) in [6, 6.07) is 0. The van der Waals surface area contributed by atoms with Gasteiger partial charge < -0.3 is 5.32 Å². The highest BCUT2D eigenvalue weighted by atomic mass is 32.1. The Morgan fingerprint density at radius 2 is 2.24 bits per heavy atom. The summed E-state index contributed by atoms with van der Waals surface area (Å²) in [4.78, 5) is 21.9. The van der Waals surface area contributed by atoms with E-state index >= 15 is 0 Å². The number of aryl methyl sites for hydroxylation is 3. The van der Waals surface area contributed by atoms with Crippen molar-refractivity contribution >= 4 is 33.2 Å². The van der Waals surface area contributed by atoms with E-state index in [0.717, 1.165) is 35.2 Å². The van der Waals surface area contributed by atoms with Crippen molar-refractivity contribution in [2.75, 3.05) is 5.32 Å². The fraction of sp³-hybridized carbons (Fsp3) is 0.357. The van der Waals surface area contributed by atoms with Crippen LogP contribution in [-0.4, -0.2) is 19.7 Å². The molecule has 1 aliphatic rings. The van der Waals surface area contributed by atoms with Crippen molar-refractivity contribution in [3.63, 3.8) is 0 Å². The number of rotatable bonds is 2. The van der Waals surface area contributed by atoms with Crippen molar-refractivity contribution in [1.29, 1.82) is 0 Å². The molecule has 0 saturated carbocycles. The van der Waals surface area contributed by atoms with E-state index in [-0.39, 0.29) is 5.56 Å². The molecule has 0 spiro atoms. The summed E-state index contributed by atoms with van der Waals surface area (Å²) in [7, 11) is 1.85. The zero-order valence-corrected chi connectivity index (χ0v) is 12.5. The fourth-order valence-electron chi connectivity index (χ4n) is 2.85. The molecule has 6 nitrogen and oxygen atoms in total. The second-order valence-corrected chi connectivity index (χ2v) is 6.42. The van der Waals surface area contributed by atoms with Crippen LogP contribution in [0.2, 0.25) is 0 Å². The van der Waals surface area contributed by atoms with Crippen LogP contribution in [0, 0.1) is 0 Å². The van der Waals surface area contributed by atoms with E-state index in [1.165, 1.54) is 16.9 Å². The minimum absolute atomic E-state index is 0.0502. The van der Waals surface area contributed by atoms with Crippen molar-refractivity contribution in [2.24, 2.45) is 7.05 Å². The van der Waals surface area contributed by atoms with E-state index in [4.69, 9.17) is 0 Å². The van der Waals surface area contributed by atoms with E-state index in [0.29, 0.717) is 5.95 Å². The van der Waals surface area contributed by atoms with E-state index in [9.17, 15) is 4.79 Å². The average molecular weight is 301 g/mol. The molecule has 1 aliphatic carbocycles. The minimum Gasteiger partial charge on any atom is -0.323 e. The zero-order valence-electron chi connectivity index (χ0n) is 11.6. The maximum atomic E-state index is 12.4. The van der Waals surface area contributed by atoms with Gasteiger partial charge in [-0.25, -0.2) is 4.98 Å². The summed E-state index contributed by atoms with van der Waals surface area (Å²) in [5.41, 5.74) is 1.97. The van der Waals surface area contributed by atoms with Gasteiger partial charge in [-0.2, -0.15) is 5.10 Å². The van der Waals surface area contributed by atoms with Crippen molar-refractivity contribution in [2.45, 2.75) is 25.7 Å². The maximum absolute atomic E-state index is 12.4. The number of hydrogen-bond donors (Lipinski definition) is 2. The van der Waals surface area contributed by atoms with E-state index < -0.39 is 0 Å². The molecule has 7 heteroatoms. The molecule has 2 N–H and O–H groups in total. The molecule has 3 heterocycles. The third-order valence-corrected chi connectivity index (χ3v) is 4.98. The number of anilines is 2. The molecule has 0 saturated heterocycles. The molecular formula is C14H15N5OS. The molecule has 0 fully saturated rings. The molecule has 0 bridgehead atoms. The largest absolute Gasteiger partial charge is 0.323 e. The Morgan fingerprint density at radius 1 is 1.38 bits per heavy atom. The van der Waals surface area contributed by atoms with Crippen molar-refractivity contribution in [3.8, 4) is 0 Å². The Labute approximate surface area is 124 Å². The number of fused-ring (bicyclic) bond motifs is 3. The Balaban J connectivity index is 1.80. The second-order valence-electron chi connectivity index (χ2n) is 5.33. The Kier molecular flexibility index (Phi) is 2.81. The molecule has 0 amide bonds. The van der Waals surface area contributed by atoms with Gasteiger partial charge >= 0.3 is 0 Å². The molecular weight excluding hydrogens is 286 g/mol. The standard InChI is InChI=1S/C14H15N5OS/c1-19-7-8(6-15-19)16-14-17-12(20)11-9-4-2-3-5-10(9)21-13(11)18-14/h6-7H,2-5H2,1H3,(H2,16,17,18,20). The predicted molar refractivity (Wildman–Crippen MR) is 83.4 cm³/mol. The molecule has 0 atom stereocenters. The second kappa shape index (κ2) is 4.70. The number of aromatic amines is 1.